The highest BCUT2D eigenvalue weighted by atomic mass is 32.2. The van der Waals surface area contributed by atoms with Gasteiger partial charge in [-0.2, -0.15) is 0 Å². The molecule has 1 heterocycles. The number of nitro benzene ring substituents is 1. The minimum Gasteiger partial charge on any atom is -0.493 e. The van der Waals surface area contributed by atoms with E-state index < -0.39 is 32.5 Å². The second-order valence-electron chi connectivity index (χ2n) is 9.37. The Morgan fingerprint density at radius 1 is 0.886 bits per heavy atom. The Morgan fingerprint density at radius 3 is 2.05 bits per heavy atom. The van der Waals surface area contributed by atoms with Gasteiger partial charge >= 0.3 is 11.9 Å². The van der Waals surface area contributed by atoms with Gasteiger partial charge in [0.2, 0.25) is 0 Å². The molecule has 4 rings (SSSR count). The first-order valence-electron chi connectivity index (χ1n) is 13.4. The molecule has 0 saturated heterocycles. The summed E-state index contributed by atoms with van der Waals surface area (Å²) < 4.78 is 50.8. The van der Waals surface area contributed by atoms with Crippen molar-refractivity contribution in [2.45, 2.75) is 25.7 Å². The van der Waals surface area contributed by atoms with Crippen LogP contribution < -0.4 is 9.47 Å². The van der Waals surface area contributed by atoms with Gasteiger partial charge in [-0.05, 0) is 63.2 Å². The van der Waals surface area contributed by atoms with Crippen LogP contribution in [0.15, 0.2) is 71.1 Å². The fourth-order valence-electron chi connectivity index (χ4n) is 4.62. The summed E-state index contributed by atoms with van der Waals surface area (Å²) in [5, 5.41) is 11.9. The fraction of sp³-hybridized carbons (Fsp3) is 0.226. The summed E-state index contributed by atoms with van der Waals surface area (Å²) in [6.45, 7) is 4.80. The van der Waals surface area contributed by atoms with Crippen molar-refractivity contribution < 1.29 is 41.9 Å². The molecule has 13 heteroatoms. The van der Waals surface area contributed by atoms with Crippen molar-refractivity contribution in [3.05, 3.63) is 87.5 Å². The minimum atomic E-state index is -4.39. The molecule has 0 radical (unpaired) electrons. The lowest BCUT2D eigenvalue weighted by Gasteiger charge is -2.15. The van der Waals surface area contributed by atoms with Crippen LogP contribution in [0, 0.1) is 17.0 Å². The van der Waals surface area contributed by atoms with Gasteiger partial charge in [0.05, 0.1) is 48.5 Å². The molecule has 0 atom stereocenters. The Morgan fingerprint density at radius 2 is 1.50 bits per heavy atom. The molecule has 0 saturated carbocycles. The third-order valence-electron chi connectivity index (χ3n) is 6.65. The zero-order chi connectivity index (χ0) is 32.2. The van der Waals surface area contributed by atoms with Gasteiger partial charge in [0.25, 0.3) is 15.7 Å². The average molecular weight is 623 g/mol. The highest BCUT2D eigenvalue weighted by Gasteiger charge is 2.31. The molecule has 0 bridgehead atoms. The van der Waals surface area contributed by atoms with Gasteiger partial charge < -0.3 is 18.9 Å². The number of ether oxygens (including phenoxy) is 4. The molecule has 0 aliphatic carbocycles. The van der Waals surface area contributed by atoms with Crippen molar-refractivity contribution in [1.82, 2.24) is 3.97 Å². The lowest BCUT2D eigenvalue weighted by molar-refractivity contribution is -0.384. The molecular formula is C31H30N2O10S. The van der Waals surface area contributed by atoms with Crippen molar-refractivity contribution >= 4 is 44.6 Å². The maximum atomic E-state index is 14.4. The summed E-state index contributed by atoms with van der Waals surface area (Å²) in [5.74, 6) is -1.42. The number of aromatic nitrogens is 1. The summed E-state index contributed by atoms with van der Waals surface area (Å²) in [6, 6.07) is 14.5. The Labute approximate surface area is 253 Å². The topological polar surface area (TPSA) is 153 Å². The standard InChI is InChI=1S/C31H30N2O10S/c1-6-42-30(34)25(31(35)43-7-2)18-24-23-17-21(33(36)37)11-14-26(23)32(44(38,39)22-12-8-19(3)9-13-22)29(24)20-10-15-27(40-4)28(16-20)41-5/h8-18H,6-7H2,1-5H3. The van der Waals surface area contributed by atoms with Crippen molar-refractivity contribution in [1.29, 1.82) is 0 Å². The van der Waals surface area contributed by atoms with Crippen molar-refractivity contribution in [2.75, 3.05) is 27.4 Å². The summed E-state index contributed by atoms with van der Waals surface area (Å²) in [5.41, 5.74) is 0.290. The molecule has 0 unspecified atom stereocenters. The van der Waals surface area contributed by atoms with Crippen molar-refractivity contribution in [3.63, 3.8) is 0 Å². The van der Waals surface area contributed by atoms with Crippen LogP contribution in [-0.4, -0.2) is 56.7 Å². The van der Waals surface area contributed by atoms with Crippen LogP contribution in [0.25, 0.3) is 28.2 Å². The van der Waals surface area contributed by atoms with Gasteiger partial charge in [-0.1, -0.05) is 17.7 Å². The number of non-ortho nitro benzene ring substituents is 1. The zero-order valence-corrected chi connectivity index (χ0v) is 25.5. The Balaban J connectivity index is 2.25. The van der Waals surface area contributed by atoms with E-state index in [-0.39, 0.29) is 57.3 Å². The largest absolute Gasteiger partial charge is 0.493 e. The van der Waals surface area contributed by atoms with E-state index in [4.69, 9.17) is 18.9 Å². The van der Waals surface area contributed by atoms with E-state index in [1.807, 2.05) is 6.92 Å². The lowest BCUT2D eigenvalue weighted by Crippen LogP contribution is -2.18. The first kappa shape index (κ1) is 31.8. The molecule has 12 nitrogen and oxygen atoms in total. The number of esters is 2. The van der Waals surface area contributed by atoms with Crippen molar-refractivity contribution in [2.24, 2.45) is 0 Å². The zero-order valence-electron chi connectivity index (χ0n) is 24.7. The molecule has 0 amide bonds. The maximum absolute atomic E-state index is 14.4. The van der Waals surface area contributed by atoms with Gasteiger partial charge in [0.15, 0.2) is 11.5 Å². The van der Waals surface area contributed by atoms with Gasteiger partial charge in [-0.3, -0.25) is 10.1 Å². The molecule has 44 heavy (non-hydrogen) atoms. The quantitative estimate of drug-likeness (QED) is 0.0538. The van der Waals surface area contributed by atoms with Gasteiger partial charge in [0.1, 0.15) is 5.57 Å². The minimum absolute atomic E-state index is 0.00637. The molecule has 0 fully saturated rings. The van der Waals surface area contributed by atoms with Gasteiger partial charge in [0, 0.05) is 28.6 Å². The molecule has 4 aromatic rings. The van der Waals surface area contributed by atoms with E-state index in [0.717, 1.165) is 15.6 Å². The number of nitrogens with zero attached hydrogens (tertiary/aromatic N) is 2. The van der Waals surface area contributed by atoms with Crippen LogP contribution in [0.4, 0.5) is 5.69 Å². The van der Waals surface area contributed by atoms with E-state index in [1.54, 1.807) is 38.1 Å². The maximum Gasteiger partial charge on any atom is 0.345 e. The lowest BCUT2D eigenvalue weighted by atomic mass is 10.0. The monoisotopic (exact) mass is 622 g/mol. The van der Waals surface area contributed by atoms with E-state index in [9.17, 15) is 28.1 Å². The third kappa shape index (κ3) is 5.99. The number of carbonyl (C=O) groups excluding carboxylic acids is 2. The number of benzene rings is 3. The summed E-state index contributed by atoms with van der Waals surface area (Å²) >= 11 is 0. The van der Waals surface area contributed by atoms with E-state index in [2.05, 4.69) is 0 Å². The number of hydrogen-bond acceptors (Lipinski definition) is 10. The molecule has 0 N–H and O–H groups in total. The second-order valence-corrected chi connectivity index (χ2v) is 11.2. The summed E-state index contributed by atoms with van der Waals surface area (Å²) in [7, 11) is -1.55. The first-order valence-corrected chi connectivity index (χ1v) is 14.9. The number of methoxy groups -OCH3 is 2. The molecule has 1 aromatic heterocycles. The van der Waals surface area contributed by atoms with Crippen molar-refractivity contribution in [3.8, 4) is 22.8 Å². The predicted molar refractivity (Wildman–Crippen MR) is 162 cm³/mol. The predicted octanol–water partition coefficient (Wildman–Crippen LogP) is 5.29. The van der Waals surface area contributed by atoms with Gasteiger partial charge in [-0.25, -0.2) is 22.0 Å². The van der Waals surface area contributed by atoms with E-state index in [0.29, 0.717) is 5.75 Å². The summed E-state index contributed by atoms with van der Waals surface area (Å²) in [6.07, 6.45) is 1.13. The first-order chi connectivity index (χ1) is 21.0. The number of rotatable bonds is 11. The SMILES string of the molecule is CCOC(=O)C(=Cc1c(-c2ccc(OC)c(OC)c2)n(S(=O)(=O)c2ccc(C)cc2)c2ccc([N+](=O)[O-])cc12)C(=O)OCC. The number of nitro groups is 1. The smallest absolute Gasteiger partial charge is 0.345 e. The number of carbonyl (C=O) groups is 2. The van der Waals surface area contributed by atoms with E-state index >= 15 is 0 Å². The second kappa shape index (κ2) is 13.0. The molecule has 230 valence electrons. The Hall–Kier alpha value is -5.17. The van der Waals surface area contributed by atoms with Gasteiger partial charge in [-0.15, -0.1) is 0 Å². The highest BCUT2D eigenvalue weighted by Crippen LogP contribution is 2.42. The van der Waals surface area contributed by atoms with Crippen LogP contribution in [0.1, 0.15) is 25.0 Å². The summed E-state index contributed by atoms with van der Waals surface area (Å²) in [4.78, 5) is 37.1. The Kier molecular flexibility index (Phi) is 9.38. The average Bonchev–Trinajstić information content (AvgIpc) is 3.33. The third-order valence-corrected chi connectivity index (χ3v) is 8.38. The van der Waals surface area contributed by atoms with Crippen LogP contribution >= 0.6 is 0 Å². The number of fused-ring (bicyclic) bond motifs is 1. The number of hydrogen-bond donors (Lipinski definition) is 0. The number of aryl methyl sites for hydroxylation is 1. The Bertz CT molecular complexity index is 1870. The molecule has 3 aromatic carbocycles. The fourth-order valence-corrected chi connectivity index (χ4v) is 6.17. The van der Waals surface area contributed by atoms with Crippen LogP contribution in [0.2, 0.25) is 0 Å². The molecule has 0 aliphatic rings. The van der Waals surface area contributed by atoms with Crippen LogP contribution in [-0.2, 0) is 29.1 Å². The molecular weight excluding hydrogens is 592 g/mol. The molecule has 0 aliphatic heterocycles. The van der Waals surface area contributed by atoms with E-state index in [1.165, 1.54) is 50.6 Å². The highest BCUT2D eigenvalue weighted by molar-refractivity contribution is 7.90. The van der Waals surface area contributed by atoms with Crippen LogP contribution in [0.3, 0.4) is 0 Å². The molecule has 0 spiro atoms. The van der Waals surface area contributed by atoms with Crippen LogP contribution in [0.5, 0.6) is 11.5 Å². The normalized spacial score (nSPS) is 11.1.